The fraction of sp³-hybridized carbons (Fsp3) is 0.353. The van der Waals surface area contributed by atoms with Crippen LogP contribution in [0, 0.1) is 13.8 Å². The predicted molar refractivity (Wildman–Crippen MR) is 92.7 cm³/mol. The molecule has 1 aliphatic heterocycles. The highest BCUT2D eigenvalue weighted by Gasteiger charge is 2.13. The van der Waals surface area contributed by atoms with Crippen molar-refractivity contribution in [2.45, 2.75) is 26.7 Å². The number of aromatic nitrogens is 6. The number of hydrogen-bond acceptors (Lipinski definition) is 6. The van der Waals surface area contributed by atoms with Crippen LogP contribution in [0.3, 0.4) is 0 Å². The second-order valence-corrected chi connectivity index (χ2v) is 6.05. The highest BCUT2D eigenvalue weighted by atomic mass is 15.3. The molecule has 4 rings (SSSR count). The lowest BCUT2D eigenvalue weighted by atomic mass is 10.4. The average molecular weight is 321 g/mol. The van der Waals surface area contributed by atoms with E-state index in [0.29, 0.717) is 11.6 Å². The average Bonchev–Trinajstić information content (AvgIpc) is 3.23. The van der Waals surface area contributed by atoms with E-state index in [1.54, 1.807) is 10.7 Å². The van der Waals surface area contributed by atoms with Gasteiger partial charge in [-0.1, -0.05) is 0 Å². The van der Waals surface area contributed by atoms with Crippen molar-refractivity contribution < 1.29 is 0 Å². The lowest BCUT2D eigenvalue weighted by Crippen LogP contribution is -2.19. The minimum atomic E-state index is 0.615. The molecule has 7 heteroatoms. The zero-order chi connectivity index (χ0) is 16.5. The summed E-state index contributed by atoms with van der Waals surface area (Å²) in [6.45, 7) is 6.06. The number of aryl methyl sites for hydroxylation is 2. The zero-order valence-corrected chi connectivity index (χ0v) is 13.8. The molecule has 4 heterocycles. The molecule has 0 bridgehead atoms. The molecule has 0 aliphatic carbocycles. The Hall–Kier alpha value is -2.83. The molecule has 3 aromatic rings. The van der Waals surface area contributed by atoms with Gasteiger partial charge in [0.2, 0.25) is 0 Å². The first-order chi connectivity index (χ1) is 11.7. The first-order valence-corrected chi connectivity index (χ1v) is 8.15. The molecule has 7 nitrogen and oxygen atoms in total. The molecule has 1 saturated heterocycles. The lowest BCUT2D eigenvalue weighted by Gasteiger charge is -2.15. The smallest absolute Gasteiger partial charge is 0.253 e. The Morgan fingerprint density at radius 1 is 1.00 bits per heavy atom. The molecule has 0 unspecified atom stereocenters. The zero-order valence-electron chi connectivity index (χ0n) is 13.8. The molecule has 1 fully saturated rings. The van der Waals surface area contributed by atoms with Crippen LogP contribution in [0.15, 0.2) is 18.5 Å². The Labute approximate surface area is 140 Å². The van der Waals surface area contributed by atoms with E-state index in [2.05, 4.69) is 29.9 Å². The molecule has 0 spiro atoms. The number of rotatable bonds is 3. The van der Waals surface area contributed by atoms with Gasteiger partial charge in [-0.15, -0.1) is 5.10 Å². The lowest BCUT2D eigenvalue weighted by molar-refractivity contribution is 0.881. The van der Waals surface area contributed by atoms with Crippen LogP contribution < -0.4 is 4.90 Å². The Kier molecular flexibility index (Phi) is 3.68. The second-order valence-electron chi connectivity index (χ2n) is 6.05. The summed E-state index contributed by atoms with van der Waals surface area (Å²) in [6, 6.07) is 1.99. The summed E-state index contributed by atoms with van der Waals surface area (Å²) in [4.78, 5) is 20.1. The van der Waals surface area contributed by atoms with Crippen LogP contribution in [0.2, 0.25) is 0 Å². The van der Waals surface area contributed by atoms with Crippen LogP contribution >= 0.6 is 0 Å². The van der Waals surface area contributed by atoms with Crippen molar-refractivity contribution in [3.05, 3.63) is 41.4 Å². The third-order valence-electron chi connectivity index (χ3n) is 4.11. The van der Waals surface area contributed by atoms with Gasteiger partial charge in [0.1, 0.15) is 5.82 Å². The highest BCUT2D eigenvalue weighted by molar-refractivity contribution is 5.65. The van der Waals surface area contributed by atoms with Crippen molar-refractivity contribution in [2.75, 3.05) is 18.0 Å². The van der Waals surface area contributed by atoms with Crippen LogP contribution in [-0.2, 0) is 0 Å². The van der Waals surface area contributed by atoms with Crippen molar-refractivity contribution in [3.63, 3.8) is 0 Å². The molecule has 122 valence electrons. The normalized spacial score (nSPS) is 15.0. The number of nitrogens with zero attached hydrogens (tertiary/aromatic N) is 7. The van der Waals surface area contributed by atoms with Crippen molar-refractivity contribution in [1.29, 1.82) is 0 Å². The van der Waals surface area contributed by atoms with Gasteiger partial charge in [-0.25, -0.2) is 14.5 Å². The first-order valence-electron chi connectivity index (χ1n) is 8.15. The first kappa shape index (κ1) is 14.7. The van der Waals surface area contributed by atoms with E-state index in [-0.39, 0.29) is 0 Å². The third-order valence-corrected chi connectivity index (χ3v) is 4.11. The van der Waals surface area contributed by atoms with Gasteiger partial charge in [0, 0.05) is 24.5 Å². The maximum atomic E-state index is 4.65. The molecule has 0 atom stereocenters. The van der Waals surface area contributed by atoms with E-state index < -0.39 is 0 Å². The van der Waals surface area contributed by atoms with Crippen LogP contribution in [0.5, 0.6) is 0 Å². The standard InChI is InChI=1S/C17H19N7/c1-12-9-13(2)24-17(19-12)21-15(22-24)6-5-14-10-18-11-16(20-14)23-7-3-4-8-23/h5-6,9-11H,3-4,7-8H2,1-2H3. The summed E-state index contributed by atoms with van der Waals surface area (Å²) in [5.74, 6) is 2.17. The molecule has 3 aromatic heterocycles. The molecule has 0 amide bonds. The molecule has 0 N–H and O–H groups in total. The fourth-order valence-electron chi connectivity index (χ4n) is 2.96. The third kappa shape index (κ3) is 2.84. The summed E-state index contributed by atoms with van der Waals surface area (Å²) < 4.78 is 1.75. The molecule has 0 aromatic carbocycles. The monoisotopic (exact) mass is 321 g/mol. The molecule has 0 saturated carbocycles. The number of fused-ring (bicyclic) bond motifs is 1. The van der Waals surface area contributed by atoms with Crippen molar-refractivity contribution in [1.82, 2.24) is 29.5 Å². The van der Waals surface area contributed by atoms with Gasteiger partial charge >= 0.3 is 0 Å². The van der Waals surface area contributed by atoms with Gasteiger partial charge in [-0.3, -0.25) is 4.98 Å². The van der Waals surface area contributed by atoms with Crippen LogP contribution in [0.25, 0.3) is 17.9 Å². The van der Waals surface area contributed by atoms with E-state index in [1.165, 1.54) is 12.8 Å². The van der Waals surface area contributed by atoms with Gasteiger partial charge in [-0.2, -0.15) is 4.98 Å². The second kappa shape index (κ2) is 5.99. The minimum Gasteiger partial charge on any atom is -0.355 e. The van der Waals surface area contributed by atoms with Crippen molar-refractivity contribution in [2.24, 2.45) is 0 Å². The molecule has 0 radical (unpaired) electrons. The Morgan fingerprint density at radius 2 is 1.83 bits per heavy atom. The van der Waals surface area contributed by atoms with E-state index in [9.17, 15) is 0 Å². The summed E-state index contributed by atoms with van der Waals surface area (Å²) in [6.07, 6.45) is 9.75. The highest BCUT2D eigenvalue weighted by Crippen LogP contribution is 2.17. The maximum Gasteiger partial charge on any atom is 0.253 e. The van der Waals surface area contributed by atoms with Crippen molar-refractivity contribution in [3.8, 4) is 0 Å². The quantitative estimate of drug-likeness (QED) is 0.737. The summed E-state index contributed by atoms with van der Waals surface area (Å²) in [5, 5.41) is 4.47. The van der Waals surface area contributed by atoms with Gasteiger partial charge in [0.15, 0.2) is 5.82 Å². The maximum absolute atomic E-state index is 4.65. The van der Waals surface area contributed by atoms with E-state index in [4.69, 9.17) is 0 Å². The van der Waals surface area contributed by atoms with Crippen LogP contribution in [0.4, 0.5) is 5.82 Å². The summed E-state index contributed by atoms with van der Waals surface area (Å²) >= 11 is 0. The number of hydrogen-bond donors (Lipinski definition) is 0. The molecular weight excluding hydrogens is 302 g/mol. The SMILES string of the molecule is Cc1cc(C)n2nc(C=Cc3cncc(N4CCCC4)n3)nc2n1. The molecule has 24 heavy (non-hydrogen) atoms. The van der Waals surface area contributed by atoms with Crippen molar-refractivity contribution >= 4 is 23.7 Å². The summed E-state index contributed by atoms with van der Waals surface area (Å²) in [7, 11) is 0. The van der Waals surface area contributed by atoms with Crippen LogP contribution in [0.1, 0.15) is 35.7 Å². The Balaban J connectivity index is 1.61. The minimum absolute atomic E-state index is 0.615. The molecular formula is C17H19N7. The molecule has 1 aliphatic rings. The van der Waals surface area contributed by atoms with Gasteiger partial charge in [0.05, 0.1) is 18.1 Å². The predicted octanol–water partition coefficient (Wildman–Crippen LogP) is 2.30. The van der Waals surface area contributed by atoms with Gasteiger partial charge in [-0.05, 0) is 44.9 Å². The van der Waals surface area contributed by atoms with Gasteiger partial charge < -0.3 is 4.90 Å². The largest absolute Gasteiger partial charge is 0.355 e. The topological polar surface area (TPSA) is 72.1 Å². The summed E-state index contributed by atoms with van der Waals surface area (Å²) in [5.41, 5.74) is 2.76. The van der Waals surface area contributed by atoms with Crippen LogP contribution in [-0.4, -0.2) is 42.6 Å². The van der Waals surface area contributed by atoms with E-state index >= 15 is 0 Å². The Bertz CT molecular complexity index is 906. The van der Waals surface area contributed by atoms with Gasteiger partial charge in [0.25, 0.3) is 5.78 Å². The van der Waals surface area contributed by atoms with E-state index in [1.807, 2.05) is 38.3 Å². The van der Waals surface area contributed by atoms with E-state index in [0.717, 1.165) is 36.0 Å². The fourth-order valence-corrected chi connectivity index (χ4v) is 2.96. The Morgan fingerprint density at radius 3 is 2.67 bits per heavy atom. The number of anilines is 1.